The van der Waals surface area contributed by atoms with Crippen LogP contribution in [0.2, 0.25) is 0 Å². The molecule has 0 aliphatic heterocycles. The number of hydrogen-bond donors (Lipinski definition) is 0. The molecule has 2 rings (SSSR count). The number of pyridine rings is 1. The summed E-state index contributed by atoms with van der Waals surface area (Å²) < 4.78 is 20.5. The first kappa shape index (κ1) is 34.5. The highest BCUT2D eigenvalue weighted by molar-refractivity contribution is 5.89. The van der Waals surface area contributed by atoms with Crippen molar-refractivity contribution in [3.05, 3.63) is 51.9 Å². The van der Waals surface area contributed by atoms with Crippen molar-refractivity contribution in [3.8, 4) is 17.2 Å². The molecule has 0 fully saturated rings. The van der Waals surface area contributed by atoms with Gasteiger partial charge in [0.15, 0.2) is 5.75 Å². The molecule has 1 aromatic heterocycles. The van der Waals surface area contributed by atoms with Crippen molar-refractivity contribution >= 4 is 10.9 Å². The van der Waals surface area contributed by atoms with Crippen LogP contribution in [0.15, 0.2) is 46.3 Å². The molecule has 1 heterocycles. The fraction of sp³-hybridized carbons (Fsp3) is 0.639. The summed E-state index contributed by atoms with van der Waals surface area (Å²) in [5.41, 5.74) is 3.26. The molecule has 0 atom stereocenters. The fourth-order valence-electron chi connectivity index (χ4n) is 4.95. The number of nitrogens with zero attached hydrogens (tertiary/aromatic N) is 1. The van der Waals surface area contributed by atoms with Gasteiger partial charge in [-0.1, -0.05) is 82.4 Å². The average Bonchev–Trinajstić information content (AvgIpc) is 2.93. The first-order valence-corrected chi connectivity index (χ1v) is 16.2. The Kier molecular flexibility index (Phi) is 16.4. The van der Waals surface area contributed by atoms with Crippen molar-refractivity contribution in [2.24, 2.45) is 0 Å². The van der Waals surface area contributed by atoms with E-state index in [1.807, 2.05) is 36.6 Å². The van der Waals surface area contributed by atoms with E-state index in [0.29, 0.717) is 31.3 Å². The van der Waals surface area contributed by atoms with Crippen LogP contribution in [0, 0.1) is 0 Å². The average molecular weight is 568 g/mol. The quantitative estimate of drug-likeness (QED) is 0.111. The summed E-state index contributed by atoms with van der Waals surface area (Å²) >= 11 is 0. The van der Waals surface area contributed by atoms with Gasteiger partial charge in [0.2, 0.25) is 5.75 Å². The molecule has 0 N–H and O–H groups in total. The minimum absolute atomic E-state index is 0.0406. The molecule has 0 bridgehead atoms. The van der Waals surface area contributed by atoms with Crippen LogP contribution < -0.4 is 19.8 Å². The summed E-state index contributed by atoms with van der Waals surface area (Å²) in [4.78, 5) is 13.9. The third-order valence-electron chi connectivity index (χ3n) is 7.37. The van der Waals surface area contributed by atoms with Crippen LogP contribution >= 0.6 is 0 Å². The van der Waals surface area contributed by atoms with E-state index in [1.54, 1.807) is 0 Å². The number of unbranched alkanes of at least 4 members (excludes halogenated alkanes) is 8. The second-order valence-corrected chi connectivity index (χ2v) is 11.8. The van der Waals surface area contributed by atoms with E-state index in [4.69, 9.17) is 14.2 Å². The third-order valence-corrected chi connectivity index (χ3v) is 7.37. The number of allylic oxidation sites excluding steroid dienone is 3. The van der Waals surface area contributed by atoms with Gasteiger partial charge in [-0.15, -0.1) is 0 Å². The Morgan fingerprint density at radius 3 is 2.10 bits per heavy atom. The molecular formula is C36H57NO4. The van der Waals surface area contributed by atoms with Crippen LogP contribution in [0.3, 0.4) is 0 Å². The predicted octanol–water partition coefficient (Wildman–Crippen LogP) is 10.4. The number of fused-ring (bicyclic) bond motifs is 1. The van der Waals surface area contributed by atoms with Crippen molar-refractivity contribution in [2.45, 2.75) is 132 Å². The van der Waals surface area contributed by atoms with E-state index < -0.39 is 0 Å². The molecular weight excluding hydrogens is 510 g/mol. The number of benzene rings is 1. The molecule has 0 radical (unpaired) electrons. The molecule has 0 unspecified atom stereocenters. The van der Waals surface area contributed by atoms with E-state index in [-0.39, 0.29) is 11.6 Å². The standard InChI is InChI=1S/C36H57NO4/c1-8-10-12-14-15-17-24-39-31-21-22-32-33(27-31)37(29(5)6)36(38)35(34(32)40-25-16-13-11-9-2)41-26-23-30(7)20-18-19-28(3)4/h19,21-23,27,29H,8-18,20,24-26H2,1-7H3/b30-23+. The molecule has 2 aromatic rings. The lowest BCUT2D eigenvalue weighted by Gasteiger charge is -2.21. The van der Waals surface area contributed by atoms with Crippen molar-refractivity contribution in [1.29, 1.82) is 0 Å². The molecule has 0 saturated heterocycles. The predicted molar refractivity (Wildman–Crippen MR) is 175 cm³/mol. The van der Waals surface area contributed by atoms with Crippen LogP contribution in [-0.4, -0.2) is 24.4 Å². The monoisotopic (exact) mass is 567 g/mol. The van der Waals surface area contributed by atoms with Gasteiger partial charge in [-0.25, -0.2) is 0 Å². The van der Waals surface area contributed by atoms with Gasteiger partial charge in [-0.3, -0.25) is 4.79 Å². The Labute approximate surface area is 250 Å². The minimum atomic E-state index is -0.153. The summed E-state index contributed by atoms with van der Waals surface area (Å²) in [5, 5.41) is 0.889. The van der Waals surface area contributed by atoms with E-state index in [9.17, 15) is 4.79 Å². The molecule has 0 amide bonds. The van der Waals surface area contributed by atoms with Crippen LogP contribution in [-0.2, 0) is 0 Å². The second-order valence-electron chi connectivity index (χ2n) is 11.8. The van der Waals surface area contributed by atoms with Gasteiger partial charge >= 0.3 is 0 Å². The first-order chi connectivity index (χ1) is 19.8. The van der Waals surface area contributed by atoms with Gasteiger partial charge in [0, 0.05) is 17.5 Å². The molecule has 0 saturated carbocycles. The van der Waals surface area contributed by atoms with E-state index in [1.165, 1.54) is 56.1 Å². The number of aromatic nitrogens is 1. The van der Waals surface area contributed by atoms with Crippen molar-refractivity contribution in [1.82, 2.24) is 4.57 Å². The zero-order chi connectivity index (χ0) is 30.0. The van der Waals surface area contributed by atoms with Crippen molar-refractivity contribution in [2.75, 3.05) is 19.8 Å². The van der Waals surface area contributed by atoms with Gasteiger partial charge in [0.05, 0.1) is 18.7 Å². The summed E-state index contributed by atoms with van der Waals surface area (Å²) in [7, 11) is 0. The molecule has 1 aromatic carbocycles. The van der Waals surface area contributed by atoms with Crippen LogP contribution in [0.1, 0.15) is 132 Å². The maximum absolute atomic E-state index is 13.9. The molecule has 0 spiro atoms. The third kappa shape index (κ3) is 12.0. The number of rotatable bonds is 21. The largest absolute Gasteiger partial charge is 0.494 e. The maximum Gasteiger partial charge on any atom is 0.297 e. The lowest BCUT2D eigenvalue weighted by molar-refractivity contribution is 0.275. The van der Waals surface area contributed by atoms with Gasteiger partial charge in [0.1, 0.15) is 12.4 Å². The highest BCUT2D eigenvalue weighted by Crippen LogP contribution is 2.36. The highest BCUT2D eigenvalue weighted by atomic mass is 16.5. The summed E-state index contributed by atoms with van der Waals surface area (Å²) in [6.45, 7) is 16.5. The van der Waals surface area contributed by atoms with Crippen LogP contribution in [0.4, 0.5) is 0 Å². The topological polar surface area (TPSA) is 49.7 Å². The SMILES string of the molecule is CCCCCCCCOc1ccc2c(OCCCCCC)c(OC/C=C(\C)CCC=C(C)C)c(=O)n(C(C)C)c2c1. The molecule has 5 heteroatoms. The molecule has 5 nitrogen and oxygen atoms in total. The minimum Gasteiger partial charge on any atom is -0.494 e. The lowest BCUT2D eigenvalue weighted by atomic mass is 10.1. The Hall–Kier alpha value is -2.69. The molecule has 0 aliphatic carbocycles. The van der Waals surface area contributed by atoms with Crippen molar-refractivity contribution < 1.29 is 14.2 Å². The highest BCUT2D eigenvalue weighted by Gasteiger charge is 2.21. The van der Waals surface area contributed by atoms with Crippen LogP contribution in [0.5, 0.6) is 17.2 Å². The maximum atomic E-state index is 13.9. The summed E-state index contributed by atoms with van der Waals surface area (Å²) in [6, 6.07) is 5.98. The Morgan fingerprint density at radius 1 is 0.805 bits per heavy atom. The summed E-state index contributed by atoms with van der Waals surface area (Å²) in [6.07, 6.45) is 18.1. The normalized spacial score (nSPS) is 11.8. The van der Waals surface area contributed by atoms with Gasteiger partial charge in [-0.05, 0) is 78.5 Å². The lowest BCUT2D eigenvalue weighted by Crippen LogP contribution is -2.25. The first-order valence-electron chi connectivity index (χ1n) is 16.2. The van der Waals surface area contributed by atoms with Gasteiger partial charge < -0.3 is 18.8 Å². The molecule has 230 valence electrons. The number of hydrogen-bond acceptors (Lipinski definition) is 4. The molecule has 41 heavy (non-hydrogen) atoms. The molecule has 0 aliphatic rings. The zero-order valence-corrected chi connectivity index (χ0v) is 27.2. The van der Waals surface area contributed by atoms with Gasteiger partial charge in [-0.2, -0.15) is 0 Å². The zero-order valence-electron chi connectivity index (χ0n) is 27.2. The second kappa shape index (κ2) is 19.4. The van der Waals surface area contributed by atoms with E-state index >= 15 is 0 Å². The Morgan fingerprint density at radius 2 is 1.44 bits per heavy atom. The van der Waals surface area contributed by atoms with Crippen LogP contribution in [0.25, 0.3) is 10.9 Å². The van der Waals surface area contributed by atoms with E-state index in [0.717, 1.165) is 48.8 Å². The Balaban J connectivity index is 2.33. The van der Waals surface area contributed by atoms with E-state index in [2.05, 4.69) is 46.8 Å². The van der Waals surface area contributed by atoms with Crippen molar-refractivity contribution in [3.63, 3.8) is 0 Å². The summed E-state index contributed by atoms with van der Waals surface area (Å²) in [5.74, 6) is 1.64. The number of ether oxygens (including phenoxy) is 3. The smallest absolute Gasteiger partial charge is 0.297 e. The Bertz CT molecular complexity index is 1150. The van der Waals surface area contributed by atoms with Gasteiger partial charge in [0.25, 0.3) is 5.56 Å². The fourth-order valence-corrected chi connectivity index (χ4v) is 4.95.